The highest BCUT2D eigenvalue weighted by Gasteiger charge is 2.25. The van der Waals surface area contributed by atoms with E-state index < -0.39 is 28.6 Å². The molecule has 0 amide bonds. The molecule has 0 spiro atoms. The first-order valence-corrected chi connectivity index (χ1v) is 6.35. The highest BCUT2D eigenvalue weighted by Crippen LogP contribution is 2.20. The quantitative estimate of drug-likeness (QED) is 0.707. The summed E-state index contributed by atoms with van der Waals surface area (Å²) in [6, 6.07) is 4.00. The van der Waals surface area contributed by atoms with Crippen molar-refractivity contribution in [3.05, 3.63) is 29.3 Å². The number of halogens is 1. The van der Waals surface area contributed by atoms with Gasteiger partial charge in [0.2, 0.25) is 10.0 Å². The molecule has 1 aromatic carbocycles. The lowest BCUT2D eigenvalue weighted by atomic mass is 10.3. The van der Waals surface area contributed by atoms with E-state index in [1.807, 2.05) is 4.72 Å². The summed E-state index contributed by atoms with van der Waals surface area (Å²) in [5.74, 6) is -1.47. The smallest absolute Gasteiger partial charge is 0.324 e. The molecule has 0 bridgehead atoms. The summed E-state index contributed by atoms with van der Waals surface area (Å²) in [6.07, 6.45) is 0. The van der Waals surface area contributed by atoms with Gasteiger partial charge in [-0.2, -0.15) is 4.72 Å². The molecule has 1 unspecified atom stereocenters. The Morgan fingerprint density at radius 1 is 1.41 bits per heavy atom. The number of rotatable bonds is 5. The van der Waals surface area contributed by atoms with Gasteiger partial charge in [0.1, 0.15) is 10.9 Å². The molecule has 0 aliphatic heterocycles. The third-order valence-electron chi connectivity index (χ3n) is 1.90. The molecule has 0 aliphatic carbocycles. The lowest BCUT2D eigenvalue weighted by Gasteiger charge is -2.12. The molecular formula is C9H10ClNO5S. The van der Waals surface area contributed by atoms with E-state index in [-0.39, 0.29) is 9.92 Å². The van der Waals surface area contributed by atoms with E-state index in [9.17, 15) is 13.2 Å². The van der Waals surface area contributed by atoms with Crippen LogP contribution in [0.5, 0.6) is 0 Å². The van der Waals surface area contributed by atoms with Gasteiger partial charge in [-0.1, -0.05) is 23.7 Å². The third-order valence-corrected chi connectivity index (χ3v) is 3.88. The molecule has 6 nitrogen and oxygen atoms in total. The van der Waals surface area contributed by atoms with Gasteiger partial charge in [0.15, 0.2) is 0 Å². The lowest BCUT2D eigenvalue weighted by molar-refractivity contribution is -0.139. The van der Waals surface area contributed by atoms with Gasteiger partial charge in [0.25, 0.3) is 0 Å². The number of carboxylic acids is 1. The van der Waals surface area contributed by atoms with Crippen molar-refractivity contribution in [1.29, 1.82) is 0 Å². The average Bonchev–Trinajstić information content (AvgIpc) is 2.26. The van der Waals surface area contributed by atoms with Crippen LogP contribution in [-0.4, -0.2) is 37.2 Å². The van der Waals surface area contributed by atoms with Crippen molar-refractivity contribution in [1.82, 2.24) is 4.72 Å². The van der Waals surface area contributed by atoms with Crippen molar-refractivity contribution >= 4 is 27.6 Å². The minimum Gasteiger partial charge on any atom is -0.480 e. The van der Waals surface area contributed by atoms with Crippen molar-refractivity contribution in [3.8, 4) is 0 Å². The van der Waals surface area contributed by atoms with Gasteiger partial charge in [-0.15, -0.1) is 0 Å². The van der Waals surface area contributed by atoms with Crippen molar-refractivity contribution in [2.24, 2.45) is 0 Å². The molecule has 8 heteroatoms. The Kier molecular flexibility index (Phi) is 4.47. The third kappa shape index (κ3) is 3.40. The van der Waals surface area contributed by atoms with Crippen molar-refractivity contribution < 1.29 is 23.4 Å². The molecule has 3 N–H and O–H groups in total. The highest BCUT2D eigenvalue weighted by molar-refractivity contribution is 7.89. The zero-order chi connectivity index (χ0) is 13.1. The normalized spacial score (nSPS) is 13.3. The van der Waals surface area contributed by atoms with Gasteiger partial charge in [0, 0.05) is 0 Å². The zero-order valence-corrected chi connectivity index (χ0v) is 10.1. The Hall–Kier alpha value is -1.15. The van der Waals surface area contributed by atoms with Crippen molar-refractivity contribution in [2.45, 2.75) is 10.9 Å². The maximum absolute atomic E-state index is 11.8. The monoisotopic (exact) mass is 279 g/mol. The average molecular weight is 280 g/mol. The standard InChI is InChI=1S/C9H10ClNO5S/c10-6-3-1-2-4-8(6)17(15,16)11-7(5-12)9(13)14/h1-4,7,11-12H,5H2,(H,13,14). The van der Waals surface area contributed by atoms with E-state index in [0.29, 0.717) is 0 Å². The Labute approximate surface area is 103 Å². The van der Waals surface area contributed by atoms with E-state index in [1.54, 1.807) is 6.07 Å². The van der Waals surface area contributed by atoms with Gasteiger partial charge in [0.05, 0.1) is 11.6 Å². The van der Waals surface area contributed by atoms with E-state index in [2.05, 4.69) is 0 Å². The summed E-state index contributed by atoms with van der Waals surface area (Å²) in [6.45, 7) is -0.848. The summed E-state index contributed by atoms with van der Waals surface area (Å²) in [5, 5.41) is 17.3. The van der Waals surface area contributed by atoms with E-state index in [4.69, 9.17) is 21.8 Å². The highest BCUT2D eigenvalue weighted by atomic mass is 35.5. The Bertz CT molecular complexity index is 516. The van der Waals surface area contributed by atoms with Crippen LogP contribution >= 0.6 is 11.6 Å². The number of aliphatic hydroxyl groups excluding tert-OH is 1. The molecule has 1 atom stereocenters. The van der Waals surface area contributed by atoms with E-state index in [1.165, 1.54) is 18.2 Å². The van der Waals surface area contributed by atoms with Gasteiger partial charge in [-0.05, 0) is 12.1 Å². The summed E-state index contributed by atoms with van der Waals surface area (Å²) in [4.78, 5) is 10.4. The predicted octanol–water partition coefficient (Wildman–Crippen LogP) is 0.0638. The fourth-order valence-corrected chi connectivity index (χ4v) is 2.78. The van der Waals surface area contributed by atoms with Gasteiger partial charge >= 0.3 is 5.97 Å². The molecule has 17 heavy (non-hydrogen) atoms. The molecule has 0 aromatic heterocycles. The van der Waals surface area contributed by atoms with Crippen molar-refractivity contribution in [2.75, 3.05) is 6.61 Å². The summed E-state index contributed by atoms with van der Waals surface area (Å²) < 4.78 is 25.4. The molecule has 0 aliphatic rings. The minimum absolute atomic E-state index is 0.0259. The number of hydrogen-bond donors (Lipinski definition) is 3. The minimum atomic E-state index is -4.07. The molecule has 0 saturated heterocycles. The first-order chi connectivity index (χ1) is 7.88. The van der Waals surface area contributed by atoms with Gasteiger partial charge < -0.3 is 10.2 Å². The van der Waals surface area contributed by atoms with Crippen LogP contribution in [0.25, 0.3) is 0 Å². The second-order valence-corrected chi connectivity index (χ2v) is 5.21. The zero-order valence-electron chi connectivity index (χ0n) is 8.50. The maximum atomic E-state index is 11.8. The molecule has 1 rings (SSSR count). The molecular weight excluding hydrogens is 270 g/mol. The van der Waals surface area contributed by atoms with Crippen LogP contribution < -0.4 is 4.72 Å². The topological polar surface area (TPSA) is 104 Å². The molecule has 0 saturated carbocycles. The second-order valence-electron chi connectivity index (χ2n) is 3.13. The fraction of sp³-hybridized carbons (Fsp3) is 0.222. The number of aliphatic hydroxyl groups is 1. The number of sulfonamides is 1. The first-order valence-electron chi connectivity index (χ1n) is 4.49. The number of carbonyl (C=O) groups is 1. The lowest BCUT2D eigenvalue weighted by Crippen LogP contribution is -2.43. The summed E-state index contributed by atoms with van der Waals surface area (Å²) >= 11 is 5.69. The number of aliphatic carboxylic acids is 1. The van der Waals surface area contributed by atoms with Crippen LogP contribution in [-0.2, 0) is 14.8 Å². The molecule has 0 radical (unpaired) electrons. The summed E-state index contributed by atoms with van der Waals surface area (Å²) in [5.41, 5.74) is 0. The fourth-order valence-electron chi connectivity index (χ4n) is 1.08. The van der Waals surface area contributed by atoms with Crippen LogP contribution in [0.4, 0.5) is 0 Å². The first kappa shape index (κ1) is 13.9. The van der Waals surface area contributed by atoms with Crippen LogP contribution in [0.3, 0.4) is 0 Å². The largest absolute Gasteiger partial charge is 0.480 e. The second kappa shape index (κ2) is 5.46. The maximum Gasteiger partial charge on any atom is 0.324 e. The van der Waals surface area contributed by atoms with Crippen LogP contribution in [0.1, 0.15) is 0 Å². The number of benzene rings is 1. The number of carboxylic acid groups (broad SMARTS) is 1. The SMILES string of the molecule is O=C(O)C(CO)NS(=O)(=O)c1ccccc1Cl. The van der Waals surface area contributed by atoms with Gasteiger partial charge in [-0.25, -0.2) is 8.42 Å². The molecule has 0 heterocycles. The number of nitrogens with one attached hydrogen (secondary N) is 1. The predicted molar refractivity (Wildman–Crippen MR) is 60.3 cm³/mol. The van der Waals surface area contributed by atoms with Crippen LogP contribution in [0.2, 0.25) is 5.02 Å². The molecule has 94 valence electrons. The van der Waals surface area contributed by atoms with E-state index in [0.717, 1.165) is 0 Å². The molecule has 0 fully saturated rings. The summed E-state index contributed by atoms with van der Waals surface area (Å²) in [7, 11) is -4.07. The molecule has 1 aromatic rings. The van der Waals surface area contributed by atoms with E-state index >= 15 is 0 Å². The van der Waals surface area contributed by atoms with Crippen LogP contribution in [0, 0.1) is 0 Å². The Morgan fingerprint density at radius 2 is 2.00 bits per heavy atom. The Balaban J connectivity index is 3.05. The Morgan fingerprint density at radius 3 is 2.47 bits per heavy atom. The van der Waals surface area contributed by atoms with Crippen molar-refractivity contribution in [3.63, 3.8) is 0 Å². The van der Waals surface area contributed by atoms with Crippen LogP contribution in [0.15, 0.2) is 29.2 Å². The number of hydrogen-bond acceptors (Lipinski definition) is 4. The van der Waals surface area contributed by atoms with Gasteiger partial charge in [-0.3, -0.25) is 4.79 Å².